The third-order valence-electron chi connectivity index (χ3n) is 7.09. The van der Waals surface area contributed by atoms with E-state index in [4.69, 9.17) is 36.3 Å². The summed E-state index contributed by atoms with van der Waals surface area (Å²) in [7, 11) is 0. The SMILES string of the molecule is O=C(CCCCCO)OCCOCCNC(=S)Nc1ccc2c(c1)C1(OC2=O)c2ccc(O)cc2Oc2cc(O)ccc21. The third kappa shape index (κ3) is 6.51. The number of rotatable bonds is 12. The molecule has 0 bridgehead atoms. The van der Waals surface area contributed by atoms with E-state index in [2.05, 4.69) is 10.6 Å². The minimum absolute atomic E-state index is 0.0239. The van der Waals surface area contributed by atoms with Crippen LogP contribution in [0.5, 0.6) is 23.0 Å². The molecular formula is C31H32N2O9S. The van der Waals surface area contributed by atoms with Gasteiger partial charge in [0.15, 0.2) is 10.7 Å². The number of benzene rings is 3. The summed E-state index contributed by atoms with van der Waals surface area (Å²) in [6.45, 7) is 1.28. The zero-order chi connectivity index (χ0) is 30.4. The Kier molecular flexibility index (Phi) is 9.29. The number of carbonyl (C=O) groups excluding carboxylic acids is 2. The van der Waals surface area contributed by atoms with Crippen LogP contribution in [-0.4, -0.2) is 65.3 Å². The fourth-order valence-electron chi connectivity index (χ4n) is 5.14. The summed E-state index contributed by atoms with van der Waals surface area (Å²) < 4.78 is 22.7. The van der Waals surface area contributed by atoms with E-state index in [1.165, 1.54) is 24.3 Å². The van der Waals surface area contributed by atoms with Crippen LogP contribution >= 0.6 is 12.2 Å². The highest BCUT2D eigenvalue weighted by Crippen LogP contribution is 2.57. The van der Waals surface area contributed by atoms with Crippen LogP contribution in [0.4, 0.5) is 5.69 Å². The number of anilines is 1. The molecule has 2 aliphatic rings. The first-order valence-electron chi connectivity index (χ1n) is 13.9. The number of phenolic OH excluding ortho intramolecular Hbond substituents is 2. The number of ether oxygens (including phenoxy) is 4. The molecule has 0 amide bonds. The van der Waals surface area contributed by atoms with E-state index in [9.17, 15) is 19.8 Å². The Morgan fingerprint density at radius 3 is 2.30 bits per heavy atom. The van der Waals surface area contributed by atoms with Gasteiger partial charge in [0.2, 0.25) is 0 Å². The molecular weight excluding hydrogens is 576 g/mol. The van der Waals surface area contributed by atoms with Crippen molar-refractivity contribution in [2.75, 3.05) is 38.3 Å². The zero-order valence-corrected chi connectivity index (χ0v) is 24.1. The van der Waals surface area contributed by atoms with Gasteiger partial charge in [-0.15, -0.1) is 0 Å². The average molecular weight is 609 g/mol. The maximum Gasteiger partial charge on any atom is 0.340 e. The van der Waals surface area contributed by atoms with Crippen LogP contribution in [0.2, 0.25) is 0 Å². The van der Waals surface area contributed by atoms with Crippen molar-refractivity contribution in [3.05, 3.63) is 76.9 Å². The predicted molar refractivity (Wildman–Crippen MR) is 160 cm³/mol. The first-order valence-corrected chi connectivity index (χ1v) is 14.3. The van der Waals surface area contributed by atoms with Crippen LogP contribution in [0.3, 0.4) is 0 Å². The van der Waals surface area contributed by atoms with Crippen LogP contribution < -0.4 is 15.4 Å². The Hall–Kier alpha value is -4.39. The molecule has 0 atom stereocenters. The number of phenols is 2. The van der Waals surface area contributed by atoms with Gasteiger partial charge in [-0.05, 0) is 67.5 Å². The quantitative estimate of drug-likeness (QED) is 0.114. The summed E-state index contributed by atoms with van der Waals surface area (Å²) in [5, 5.41) is 35.5. The van der Waals surface area contributed by atoms with Gasteiger partial charge in [0.25, 0.3) is 0 Å². The molecule has 12 heteroatoms. The van der Waals surface area contributed by atoms with Crippen LogP contribution in [0.1, 0.15) is 52.7 Å². The first-order chi connectivity index (χ1) is 20.8. The summed E-state index contributed by atoms with van der Waals surface area (Å²) in [6, 6.07) is 14.3. The Bertz CT molecular complexity index is 1480. The lowest BCUT2D eigenvalue weighted by Gasteiger charge is -2.36. The monoisotopic (exact) mass is 608 g/mol. The molecule has 2 aliphatic heterocycles. The number of aromatic hydroxyl groups is 2. The number of thiocarbonyl (C=S) groups is 1. The molecule has 11 nitrogen and oxygen atoms in total. The Morgan fingerprint density at radius 2 is 1.60 bits per heavy atom. The fraction of sp³-hybridized carbons (Fsp3) is 0.323. The fourth-order valence-corrected chi connectivity index (χ4v) is 5.36. The summed E-state index contributed by atoms with van der Waals surface area (Å²) in [6.07, 6.45) is 2.48. The number of carbonyl (C=O) groups is 2. The van der Waals surface area contributed by atoms with Gasteiger partial charge in [-0.25, -0.2) is 4.79 Å². The number of esters is 2. The lowest BCUT2D eigenvalue weighted by molar-refractivity contribution is -0.145. The highest BCUT2D eigenvalue weighted by Gasteiger charge is 2.53. The lowest BCUT2D eigenvalue weighted by atomic mass is 9.77. The molecule has 3 aromatic rings. The van der Waals surface area contributed by atoms with Gasteiger partial charge in [-0.1, -0.05) is 6.42 Å². The van der Waals surface area contributed by atoms with Gasteiger partial charge in [-0.2, -0.15) is 0 Å². The number of hydrogen-bond acceptors (Lipinski definition) is 10. The minimum atomic E-state index is -1.37. The predicted octanol–water partition coefficient (Wildman–Crippen LogP) is 4.06. The summed E-state index contributed by atoms with van der Waals surface area (Å²) in [5.41, 5.74) is 1.20. The second-order valence-corrected chi connectivity index (χ2v) is 10.5. The maximum absolute atomic E-state index is 13.1. The van der Waals surface area contributed by atoms with E-state index in [-0.39, 0.29) is 37.3 Å². The van der Waals surface area contributed by atoms with Crippen LogP contribution in [0, 0.1) is 0 Å². The number of nitrogens with one attached hydrogen (secondary N) is 2. The Labute approximate surface area is 253 Å². The van der Waals surface area contributed by atoms with E-state index in [1.54, 1.807) is 30.3 Å². The highest BCUT2D eigenvalue weighted by molar-refractivity contribution is 7.80. The molecule has 226 valence electrons. The van der Waals surface area contributed by atoms with E-state index in [0.717, 1.165) is 6.42 Å². The van der Waals surface area contributed by atoms with Gasteiger partial charge >= 0.3 is 11.9 Å². The van der Waals surface area contributed by atoms with Gasteiger partial charge in [0.05, 0.1) is 18.8 Å². The number of fused-ring (bicyclic) bond motifs is 6. The van der Waals surface area contributed by atoms with Crippen molar-refractivity contribution in [1.29, 1.82) is 0 Å². The Balaban J connectivity index is 1.21. The van der Waals surface area contributed by atoms with Crippen molar-refractivity contribution in [1.82, 2.24) is 5.32 Å². The van der Waals surface area contributed by atoms with Crippen molar-refractivity contribution in [3.8, 4) is 23.0 Å². The van der Waals surface area contributed by atoms with Gasteiger partial charge in [-0.3, -0.25) is 4.79 Å². The van der Waals surface area contributed by atoms with Crippen molar-refractivity contribution in [3.63, 3.8) is 0 Å². The topological polar surface area (TPSA) is 156 Å². The van der Waals surface area contributed by atoms with Gasteiger partial charge < -0.3 is 44.9 Å². The normalized spacial score (nSPS) is 13.7. The molecule has 0 fully saturated rings. The van der Waals surface area contributed by atoms with E-state index in [0.29, 0.717) is 77.0 Å². The highest BCUT2D eigenvalue weighted by atomic mass is 32.1. The zero-order valence-electron chi connectivity index (χ0n) is 23.3. The number of aliphatic hydroxyl groups is 1. The molecule has 2 heterocycles. The smallest absolute Gasteiger partial charge is 0.340 e. The van der Waals surface area contributed by atoms with Crippen molar-refractivity contribution in [2.24, 2.45) is 0 Å². The second-order valence-electron chi connectivity index (χ2n) is 10.0. The molecule has 5 N–H and O–H groups in total. The number of aliphatic hydroxyl groups excluding tert-OH is 1. The van der Waals surface area contributed by atoms with Gasteiger partial charge in [0.1, 0.15) is 29.6 Å². The van der Waals surface area contributed by atoms with Crippen LogP contribution in [-0.2, 0) is 24.6 Å². The molecule has 43 heavy (non-hydrogen) atoms. The van der Waals surface area contributed by atoms with Crippen molar-refractivity contribution < 1.29 is 43.9 Å². The van der Waals surface area contributed by atoms with E-state index >= 15 is 0 Å². The van der Waals surface area contributed by atoms with Gasteiger partial charge in [0, 0.05) is 54.1 Å². The molecule has 0 saturated carbocycles. The van der Waals surface area contributed by atoms with Crippen molar-refractivity contribution in [2.45, 2.75) is 31.3 Å². The molecule has 3 aromatic carbocycles. The summed E-state index contributed by atoms with van der Waals surface area (Å²) >= 11 is 5.45. The van der Waals surface area contributed by atoms with Crippen LogP contribution in [0.15, 0.2) is 54.6 Å². The molecule has 0 radical (unpaired) electrons. The molecule has 0 aliphatic carbocycles. The number of unbranched alkanes of at least 4 members (excludes halogenated alkanes) is 2. The maximum atomic E-state index is 13.1. The Morgan fingerprint density at radius 1 is 0.884 bits per heavy atom. The van der Waals surface area contributed by atoms with Crippen molar-refractivity contribution >= 4 is 35.0 Å². The number of hydrogen-bond donors (Lipinski definition) is 5. The van der Waals surface area contributed by atoms with Crippen LogP contribution in [0.25, 0.3) is 0 Å². The average Bonchev–Trinajstić information content (AvgIpc) is 3.26. The molecule has 1 spiro atoms. The molecule has 0 saturated heterocycles. The third-order valence-corrected chi connectivity index (χ3v) is 7.34. The molecule has 0 aromatic heterocycles. The van der Waals surface area contributed by atoms with E-state index < -0.39 is 11.6 Å². The summed E-state index contributed by atoms with van der Waals surface area (Å²) in [5.74, 6) is -0.262. The molecule has 0 unspecified atom stereocenters. The summed E-state index contributed by atoms with van der Waals surface area (Å²) in [4.78, 5) is 24.8. The molecule has 5 rings (SSSR count). The lowest BCUT2D eigenvalue weighted by Crippen LogP contribution is -2.33. The minimum Gasteiger partial charge on any atom is -0.508 e. The van der Waals surface area contributed by atoms with E-state index in [1.807, 2.05) is 0 Å². The second kappa shape index (κ2) is 13.3. The largest absolute Gasteiger partial charge is 0.508 e. The first kappa shape index (κ1) is 30.1. The standard InChI is InChI=1S/C31H32N2O9S/c34-12-3-1-2-4-28(37)40-15-14-39-13-11-32-30(43)33-19-5-8-22-25(16-19)31(42-29(22)38)23-9-6-20(35)17-26(23)41-27-18-21(36)7-10-24(27)31/h5-10,16-18,34-36H,1-4,11-15H2,(H2,32,33,43).